The number of hydrogen-bond acceptors (Lipinski definition) is 7. The first-order chi connectivity index (χ1) is 15.8. The fourth-order valence-corrected chi connectivity index (χ4v) is 5.01. The van der Waals surface area contributed by atoms with Crippen molar-refractivity contribution in [1.29, 1.82) is 0 Å². The minimum atomic E-state index is -0.611. The summed E-state index contributed by atoms with van der Waals surface area (Å²) in [5.41, 5.74) is 1.92. The Kier molecular flexibility index (Phi) is 6.62. The maximum absolute atomic E-state index is 13.2. The van der Waals surface area contributed by atoms with E-state index < -0.39 is 11.2 Å². The molecule has 0 saturated carbocycles. The zero-order valence-electron chi connectivity index (χ0n) is 19.2. The highest BCUT2D eigenvalue weighted by Crippen LogP contribution is 2.30. The number of benzene rings is 1. The van der Waals surface area contributed by atoms with Gasteiger partial charge in [-0.3, -0.25) is 9.59 Å². The number of pyridine rings is 1. The second-order valence-electron chi connectivity index (χ2n) is 8.50. The average Bonchev–Trinajstić information content (AvgIpc) is 3.24. The van der Waals surface area contributed by atoms with E-state index in [-0.39, 0.29) is 29.2 Å². The van der Waals surface area contributed by atoms with Crippen LogP contribution < -0.4 is 5.43 Å². The molecule has 0 unspecified atom stereocenters. The van der Waals surface area contributed by atoms with E-state index in [1.54, 1.807) is 15.7 Å². The van der Waals surface area contributed by atoms with Gasteiger partial charge in [0.05, 0.1) is 18.2 Å². The number of carbonyl (C=O) groups excluding carboxylic acids is 1. The molecule has 0 radical (unpaired) electrons. The standard InChI is InChI=1S/C24H28N4O4S/c1-5-32-13-17-11-27-12-18(21(29)22(30)20(27)24(31)28(17)14(2)3)23-26-25-19(33-23)10-16-8-6-15(4)7-9-16/h6-9,12,14,17,30H,5,10-11,13H2,1-4H3/t17-/m1/s1. The van der Waals surface area contributed by atoms with E-state index in [9.17, 15) is 14.7 Å². The van der Waals surface area contributed by atoms with Gasteiger partial charge in [-0.1, -0.05) is 41.2 Å². The lowest BCUT2D eigenvalue weighted by molar-refractivity contribution is 0.0228. The molecule has 33 heavy (non-hydrogen) atoms. The Morgan fingerprint density at radius 2 is 1.94 bits per heavy atom. The largest absolute Gasteiger partial charge is 0.503 e. The second-order valence-corrected chi connectivity index (χ2v) is 9.57. The van der Waals surface area contributed by atoms with Gasteiger partial charge in [0.25, 0.3) is 5.91 Å². The third-order valence-corrected chi connectivity index (χ3v) is 6.69. The Labute approximate surface area is 196 Å². The monoisotopic (exact) mass is 468 g/mol. The van der Waals surface area contributed by atoms with Crippen LogP contribution >= 0.6 is 11.3 Å². The number of ether oxygens (including phenoxy) is 1. The summed E-state index contributed by atoms with van der Waals surface area (Å²) in [4.78, 5) is 27.9. The van der Waals surface area contributed by atoms with Crippen molar-refractivity contribution in [1.82, 2.24) is 19.7 Å². The van der Waals surface area contributed by atoms with Crippen molar-refractivity contribution in [2.45, 2.75) is 52.7 Å². The summed E-state index contributed by atoms with van der Waals surface area (Å²) in [7, 11) is 0. The molecule has 0 spiro atoms. The molecule has 1 aliphatic rings. The normalized spacial score (nSPS) is 15.8. The van der Waals surface area contributed by atoms with Gasteiger partial charge in [-0.25, -0.2) is 0 Å². The number of nitrogens with zero attached hydrogens (tertiary/aromatic N) is 4. The molecule has 0 bridgehead atoms. The molecule has 3 heterocycles. The number of aromatic nitrogens is 3. The van der Waals surface area contributed by atoms with E-state index >= 15 is 0 Å². The summed E-state index contributed by atoms with van der Waals surface area (Å²) >= 11 is 1.31. The molecule has 4 rings (SSSR count). The molecule has 8 nitrogen and oxygen atoms in total. The molecule has 1 aliphatic heterocycles. The first-order valence-electron chi connectivity index (χ1n) is 11.0. The third kappa shape index (κ3) is 4.56. The summed E-state index contributed by atoms with van der Waals surface area (Å²) in [6.07, 6.45) is 2.22. The lowest BCUT2D eigenvalue weighted by Crippen LogP contribution is -2.53. The van der Waals surface area contributed by atoms with Crippen LogP contribution in [0.5, 0.6) is 5.75 Å². The highest BCUT2D eigenvalue weighted by Gasteiger charge is 2.37. The van der Waals surface area contributed by atoms with Gasteiger partial charge in [-0.15, -0.1) is 10.2 Å². The molecule has 1 N–H and O–H groups in total. The number of hydrogen-bond donors (Lipinski definition) is 1. The van der Waals surface area contributed by atoms with Crippen LogP contribution in [0.4, 0.5) is 0 Å². The molecular weight excluding hydrogens is 440 g/mol. The molecule has 0 saturated heterocycles. The lowest BCUT2D eigenvalue weighted by atomic mass is 10.1. The van der Waals surface area contributed by atoms with Crippen LogP contribution in [0, 0.1) is 6.92 Å². The fourth-order valence-electron chi connectivity index (χ4n) is 4.13. The zero-order valence-corrected chi connectivity index (χ0v) is 20.1. The van der Waals surface area contributed by atoms with Gasteiger partial charge in [-0.2, -0.15) is 0 Å². The van der Waals surface area contributed by atoms with Gasteiger partial charge in [0.1, 0.15) is 5.01 Å². The molecule has 1 amide bonds. The van der Waals surface area contributed by atoms with Crippen LogP contribution in [0.2, 0.25) is 0 Å². The molecule has 174 valence electrons. The summed E-state index contributed by atoms with van der Waals surface area (Å²) in [6, 6.07) is 7.87. The molecule has 2 aromatic heterocycles. The van der Waals surface area contributed by atoms with Crippen LogP contribution in [-0.4, -0.2) is 56.0 Å². The summed E-state index contributed by atoms with van der Waals surface area (Å²) in [6.45, 7) is 9.09. The van der Waals surface area contributed by atoms with Crippen LogP contribution in [0.15, 0.2) is 35.3 Å². The highest BCUT2D eigenvalue weighted by molar-refractivity contribution is 7.14. The Morgan fingerprint density at radius 1 is 1.21 bits per heavy atom. The molecule has 0 aliphatic carbocycles. The van der Waals surface area contributed by atoms with E-state index in [2.05, 4.69) is 10.2 Å². The highest BCUT2D eigenvalue weighted by atomic mass is 32.1. The number of aryl methyl sites for hydroxylation is 1. The Bertz CT molecular complexity index is 1220. The van der Waals surface area contributed by atoms with Crippen LogP contribution in [0.1, 0.15) is 47.4 Å². The molecular formula is C24H28N4O4S. The quantitative estimate of drug-likeness (QED) is 0.572. The van der Waals surface area contributed by atoms with Crippen LogP contribution in [-0.2, 0) is 17.7 Å². The number of aromatic hydroxyl groups is 1. The average molecular weight is 469 g/mol. The van der Waals surface area contributed by atoms with Gasteiger partial charge in [0.15, 0.2) is 16.5 Å². The molecule has 1 atom stereocenters. The van der Waals surface area contributed by atoms with Crippen molar-refractivity contribution in [2.24, 2.45) is 0 Å². The van der Waals surface area contributed by atoms with Crippen molar-refractivity contribution >= 4 is 17.2 Å². The van der Waals surface area contributed by atoms with E-state index in [1.165, 1.54) is 16.9 Å². The lowest BCUT2D eigenvalue weighted by Gasteiger charge is -2.40. The van der Waals surface area contributed by atoms with Gasteiger partial charge in [0, 0.05) is 31.8 Å². The zero-order chi connectivity index (χ0) is 23.7. The maximum atomic E-state index is 13.2. The first kappa shape index (κ1) is 23.1. The Hall–Kier alpha value is -3.04. The van der Waals surface area contributed by atoms with Crippen LogP contribution in [0.3, 0.4) is 0 Å². The van der Waals surface area contributed by atoms with Crippen molar-refractivity contribution in [3.8, 4) is 16.3 Å². The van der Waals surface area contributed by atoms with Crippen LogP contribution in [0.25, 0.3) is 10.6 Å². The Morgan fingerprint density at radius 3 is 2.61 bits per heavy atom. The van der Waals surface area contributed by atoms with E-state index in [0.717, 1.165) is 10.6 Å². The van der Waals surface area contributed by atoms with Crippen molar-refractivity contribution in [3.63, 3.8) is 0 Å². The summed E-state index contributed by atoms with van der Waals surface area (Å²) in [5, 5.41) is 20.4. The minimum absolute atomic E-state index is 0.00888. The van der Waals surface area contributed by atoms with Gasteiger partial charge in [-0.05, 0) is 33.3 Å². The van der Waals surface area contributed by atoms with Gasteiger partial charge >= 0.3 is 0 Å². The second kappa shape index (κ2) is 9.44. The maximum Gasteiger partial charge on any atom is 0.275 e. The van der Waals surface area contributed by atoms with E-state index in [1.807, 2.05) is 52.0 Å². The number of amides is 1. The third-order valence-electron chi connectivity index (χ3n) is 5.74. The predicted octanol–water partition coefficient (Wildman–Crippen LogP) is 3.24. The van der Waals surface area contributed by atoms with E-state index in [4.69, 9.17) is 4.74 Å². The number of carbonyl (C=O) groups is 1. The van der Waals surface area contributed by atoms with Crippen molar-refractivity contribution in [2.75, 3.05) is 13.2 Å². The van der Waals surface area contributed by atoms with E-state index in [0.29, 0.717) is 31.2 Å². The molecule has 9 heteroatoms. The SMILES string of the molecule is CCOC[C@H]1Cn2cc(-c3nnc(Cc4ccc(C)cc4)s3)c(=O)c(O)c2C(=O)N1C(C)C. The number of fused-ring (bicyclic) bond motifs is 1. The molecule has 1 aromatic carbocycles. The fraction of sp³-hybridized carbons (Fsp3) is 0.417. The minimum Gasteiger partial charge on any atom is -0.503 e. The first-order valence-corrected chi connectivity index (χ1v) is 11.9. The van der Waals surface area contributed by atoms with Crippen molar-refractivity contribution in [3.05, 3.63) is 62.5 Å². The number of rotatable bonds is 7. The summed E-state index contributed by atoms with van der Waals surface area (Å²) in [5.74, 6) is -0.923. The topological polar surface area (TPSA) is 97.5 Å². The van der Waals surface area contributed by atoms with Gasteiger partial charge in [0.2, 0.25) is 5.43 Å². The summed E-state index contributed by atoms with van der Waals surface area (Å²) < 4.78 is 7.25. The van der Waals surface area contributed by atoms with Crippen molar-refractivity contribution < 1.29 is 14.6 Å². The Balaban J connectivity index is 1.69. The molecule has 0 fully saturated rings. The molecule has 3 aromatic rings. The van der Waals surface area contributed by atoms with Gasteiger partial charge < -0.3 is 19.3 Å². The smallest absolute Gasteiger partial charge is 0.275 e. The predicted molar refractivity (Wildman–Crippen MR) is 127 cm³/mol.